The van der Waals surface area contributed by atoms with E-state index in [1.54, 1.807) is 0 Å². The highest BCUT2D eigenvalue weighted by molar-refractivity contribution is 5.11. The lowest BCUT2D eigenvalue weighted by Crippen LogP contribution is -2.38. The first-order valence-corrected chi connectivity index (χ1v) is 7.05. The second-order valence-corrected chi connectivity index (χ2v) is 6.51. The standard InChI is InChI=1S/C14H28N2O/c1-13(2)11-4-5-14(13,3)12(10-11)17-9-8-16-7-6-15/h11-12,16H,4-10,15H2,1-3H3/t11-,12+,14+/m0/s1. The van der Waals surface area contributed by atoms with Crippen LogP contribution >= 0.6 is 0 Å². The molecule has 0 aromatic heterocycles. The van der Waals surface area contributed by atoms with Crippen molar-refractivity contribution in [3.63, 3.8) is 0 Å². The molecule has 0 heterocycles. The van der Waals surface area contributed by atoms with Gasteiger partial charge in [-0.25, -0.2) is 0 Å². The molecule has 3 N–H and O–H groups in total. The van der Waals surface area contributed by atoms with Crippen molar-refractivity contribution in [3.05, 3.63) is 0 Å². The molecule has 0 spiro atoms. The van der Waals surface area contributed by atoms with Crippen LogP contribution in [0.25, 0.3) is 0 Å². The van der Waals surface area contributed by atoms with Crippen LogP contribution in [0.15, 0.2) is 0 Å². The average molecular weight is 240 g/mol. The summed E-state index contributed by atoms with van der Waals surface area (Å²) in [7, 11) is 0. The van der Waals surface area contributed by atoms with Gasteiger partial charge in [0.2, 0.25) is 0 Å². The summed E-state index contributed by atoms with van der Waals surface area (Å²) in [5.74, 6) is 0.870. The molecule has 2 aliphatic rings. The summed E-state index contributed by atoms with van der Waals surface area (Å²) in [6.45, 7) is 10.6. The minimum absolute atomic E-state index is 0.394. The van der Waals surface area contributed by atoms with E-state index in [9.17, 15) is 0 Å². The van der Waals surface area contributed by atoms with Crippen molar-refractivity contribution >= 4 is 0 Å². The van der Waals surface area contributed by atoms with Gasteiger partial charge in [0, 0.05) is 19.6 Å². The van der Waals surface area contributed by atoms with Crippen molar-refractivity contribution in [2.75, 3.05) is 26.2 Å². The first-order chi connectivity index (χ1) is 8.02. The number of nitrogens with two attached hydrogens (primary N) is 1. The smallest absolute Gasteiger partial charge is 0.0637 e. The molecule has 2 rings (SSSR count). The van der Waals surface area contributed by atoms with Crippen molar-refractivity contribution < 1.29 is 4.74 Å². The van der Waals surface area contributed by atoms with E-state index in [0.29, 0.717) is 23.5 Å². The van der Waals surface area contributed by atoms with Gasteiger partial charge in [-0.05, 0) is 36.0 Å². The molecular weight excluding hydrogens is 212 g/mol. The molecule has 0 aromatic rings. The monoisotopic (exact) mass is 240 g/mol. The Hall–Kier alpha value is -0.120. The number of fused-ring (bicyclic) bond motifs is 2. The Morgan fingerprint density at radius 3 is 2.59 bits per heavy atom. The average Bonchev–Trinajstić information content (AvgIpc) is 2.61. The van der Waals surface area contributed by atoms with Gasteiger partial charge in [-0.15, -0.1) is 0 Å². The minimum Gasteiger partial charge on any atom is -0.376 e. The molecule has 0 aromatic carbocycles. The Morgan fingerprint density at radius 1 is 1.29 bits per heavy atom. The molecule has 0 radical (unpaired) electrons. The molecule has 3 nitrogen and oxygen atoms in total. The molecule has 100 valence electrons. The molecule has 3 heteroatoms. The number of rotatable bonds is 6. The zero-order valence-electron chi connectivity index (χ0n) is 11.6. The van der Waals surface area contributed by atoms with Crippen molar-refractivity contribution in [1.82, 2.24) is 5.32 Å². The van der Waals surface area contributed by atoms with E-state index in [0.717, 1.165) is 25.6 Å². The highest BCUT2D eigenvalue weighted by atomic mass is 16.5. The molecule has 2 saturated carbocycles. The molecule has 0 aliphatic heterocycles. The van der Waals surface area contributed by atoms with Crippen molar-refractivity contribution in [3.8, 4) is 0 Å². The van der Waals surface area contributed by atoms with E-state index in [1.165, 1.54) is 19.3 Å². The normalized spacial score (nSPS) is 38.8. The van der Waals surface area contributed by atoms with Crippen LogP contribution in [0.5, 0.6) is 0 Å². The number of nitrogens with one attached hydrogen (secondary N) is 1. The maximum Gasteiger partial charge on any atom is 0.0637 e. The predicted octanol–water partition coefficient (Wildman–Crippen LogP) is 1.77. The van der Waals surface area contributed by atoms with Gasteiger partial charge in [0.15, 0.2) is 0 Å². The van der Waals surface area contributed by atoms with Crippen LogP contribution in [0.1, 0.15) is 40.0 Å². The second kappa shape index (κ2) is 4.87. The summed E-state index contributed by atoms with van der Waals surface area (Å²) in [6, 6.07) is 0. The molecule has 0 unspecified atom stereocenters. The Balaban J connectivity index is 1.80. The van der Waals surface area contributed by atoms with Gasteiger partial charge >= 0.3 is 0 Å². The lowest BCUT2D eigenvalue weighted by atomic mass is 9.70. The lowest BCUT2D eigenvalue weighted by Gasteiger charge is -2.38. The Kier molecular flexibility index (Phi) is 3.81. The van der Waals surface area contributed by atoms with Crippen molar-refractivity contribution in [2.24, 2.45) is 22.5 Å². The van der Waals surface area contributed by atoms with Crippen molar-refractivity contribution in [1.29, 1.82) is 0 Å². The van der Waals surface area contributed by atoms with E-state index in [4.69, 9.17) is 10.5 Å². The fraction of sp³-hybridized carbons (Fsp3) is 1.00. The number of hydrogen-bond donors (Lipinski definition) is 2. The Bertz CT molecular complexity index is 267. The Labute approximate surface area is 105 Å². The maximum absolute atomic E-state index is 6.12. The molecule has 17 heavy (non-hydrogen) atoms. The second-order valence-electron chi connectivity index (χ2n) is 6.51. The largest absolute Gasteiger partial charge is 0.376 e. The van der Waals surface area contributed by atoms with Crippen LogP contribution in [-0.2, 0) is 4.74 Å². The van der Waals surface area contributed by atoms with Crippen LogP contribution < -0.4 is 11.1 Å². The topological polar surface area (TPSA) is 47.3 Å². The molecule has 2 aliphatic carbocycles. The van der Waals surface area contributed by atoms with Gasteiger partial charge in [-0.2, -0.15) is 0 Å². The molecule has 2 bridgehead atoms. The highest BCUT2D eigenvalue weighted by Gasteiger charge is 2.61. The molecule has 0 saturated heterocycles. The van der Waals surface area contributed by atoms with E-state index >= 15 is 0 Å². The highest BCUT2D eigenvalue weighted by Crippen LogP contribution is 2.66. The summed E-state index contributed by atoms with van der Waals surface area (Å²) in [5.41, 5.74) is 6.29. The summed E-state index contributed by atoms with van der Waals surface area (Å²) in [5, 5.41) is 3.29. The van der Waals surface area contributed by atoms with Gasteiger partial charge in [0.25, 0.3) is 0 Å². The van der Waals surface area contributed by atoms with Gasteiger partial charge in [0.05, 0.1) is 12.7 Å². The molecule has 2 fully saturated rings. The summed E-state index contributed by atoms with van der Waals surface area (Å²) < 4.78 is 6.12. The Morgan fingerprint density at radius 2 is 2.06 bits per heavy atom. The number of hydrogen-bond acceptors (Lipinski definition) is 3. The van der Waals surface area contributed by atoms with Gasteiger partial charge in [0.1, 0.15) is 0 Å². The van der Waals surface area contributed by atoms with Crippen LogP contribution in [-0.4, -0.2) is 32.3 Å². The van der Waals surface area contributed by atoms with E-state index in [1.807, 2.05) is 0 Å². The van der Waals surface area contributed by atoms with Crippen LogP contribution in [0.2, 0.25) is 0 Å². The minimum atomic E-state index is 0.394. The van der Waals surface area contributed by atoms with Crippen molar-refractivity contribution in [2.45, 2.75) is 46.1 Å². The first-order valence-electron chi connectivity index (χ1n) is 7.05. The summed E-state index contributed by atoms with van der Waals surface area (Å²) in [4.78, 5) is 0. The van der Waals surface area contributed by atoms with Gasteiger partial charge < -0.3 is 15.8 Å². The summed E-state index contributed by atoms with van der Waals surface area (Å²) in [6.07, 6.45) is 4.47. The predicted molar refractivity (Wildman–Crippen MR) is 70.9 cm³/mol. The maximum atomic E-state index is 6.12. The van der Waals surface area contributed by atoms with Crippen LogP contribution in [0.4, 0.5) is 0 Å². The molecule has 0 amide bonds. The SMILES string of the molecule is CC1(C)[C@H]2CC[C@]1(C)[C@H](OCCNCCN)C2. The molecule has 3 atom stereocenters. The third-order valence-electron chi connectivity index (χ3n) is 5.63. The summed E-state index contributed by atoms with van der Waals surface area (Å²) >= 11 is 0. The lowest BCUT2D eigenvalue weighted by molar-refractivity contribution is -0.0449. The van der Waals surface area contributed by atoms with Crippen LogP contribution in [0, 0.1) is 16.7 Å². The van der Waals surface area contributed by atoms with E-state index in [-0.39, 0.29) is 0 Å². The molecular formula is C14H28N2O. The number of ether oxygens (including phenoxy) is 1. The fourth-order valence-electron chi connectivity index (χ4n) is 3.88. The van der Waals surface area contributed by atoms with E-state index in [2.05, 4.69) is 26.1 Å². The third-order valence-corrected chi connectivity index (χ3v) is 5.63. The van der Waals surface area contributed by atoms with E-state index < -0.39 is 0 Å². The van der Waals surface area contributed by atoms with Gasteiger partial charge in [-0.3, -0.25) is 0 Å². The zero-order chi connectivity index (χ0) is 12.5. The zero-order valence-corrected chi connectivity index (χ0v) is 11.6. The third kappa shape index (κ3) is 2.13. The first kappa shape index (κ1) is 13.3. The quantitative estimate of drug-likeness (QED) is 0.696. The van der Waals surface area contributed by atoms with Crippen LogP contribution in [0.3, 0.4) is 0 Å². The fourth-order valence-corrected chi connectivity index (χ4v) is 3.88. The van der Waals surface area contributed by atoms with Gasteiger partial charge in [-0.1, -0.05) is 20.8 Å².